The van der Waals surface area contributed by atoms with Gasteiger partial charge in [-0.05, 0) is 100 Å². The minimum Gasteiger partial charge on any atom is -0.414 e. The van der Waals surface area contributed by atoms with Gasteiger partial charge in [-0.15, -0.1) is 0 Å². The van der Waals surface area contributed by atoms with Crippen LogP contribution in [0.3, 0.4) is 0 Å². The molecule has 0 radical (unpaired) electrons. The summed E-state index contributed by atoms with van der Waals surface area (Å²) in [5.41, 5.74) is 0. The van der Waals surface area contributed by atoms with Gasteiger partial charge < -0.3 is 8.85 Å². The van der Waals surface area contributed by atoms with Crippen molar-refractivity contribution in [3.8, 4) is 0 Å². The van der Waals surface area contributed by atoms with Gasteiger partial charge in [0, 0.05) is 25.0 Å². The summed E-state index contributed by atoms with van der Waals surface area (Å²) >= 11 is 0. The number of rotatable bonds is 34. The highest BCUT2D eigenvalue weighted by Crippen LogP contribution is 2.39. The van der Waals surface area contributed by atoms with Crippen LogP contribution < -0.4 is 0 Å². The fourth-order valence-corrected chi connectivity index (χ4v) is 9.12. The van der Waals surface area contributed by atoms with Crippen LogP contribution in [-0.4, -0.2) is 34.6 Å². The van der Waals surface area contributed by atoms with Gasteiger partial charge in [-0.1, -0.05) is 170 Å². The number of unbranched alkanes of at least 4 members (excludes halogenated alkanes) is 16. The maximum absolute atomic E-state index is 12.4. The number of ketones is 1. The number of hydrogen-bond donors (Lipinski definition) is 0. The third-order valence-corrected chi connectivity index (χ3v) is 21.1. The van der Waals surface area contributed by atoms with Crippen LogP contribution in [-0.2, 0) is 13.6 Å². The fourth-order valence-electron chi connectivity index (χ4n) is 6.32. The first-order valence-corrected chi connectivity index (χ1v) is 28.5. The second kappa shape index (κ2) is 29.7. The Morgan fingerprint density at radius 3 is 1.15 bits per heavy atom. The Kier molecular flexibility index (Phi) is 29.5. The van der Waals surface area contributed by atoms with Crippen LogP contribution in [0.1, 0.15) is 222 Å². The highest BCUT2D eigenvalue weighted by Gasteiger charge is 2.39. The third-order valence-electron chi connectivity index (χ3n) is 12.1. The Hall–Kier alpha value is -0.496. The predicted octanol–water partition coefficient (Wildman–Crippen LogP) is 16.6. The van der Waals surface area contributed by atoms with E-state index in [1.54, 1.807) is 0 Å². The van der Waals surface area contributed by atoms with E-state index in [1.807, 2.05) is 0 Å². The second-order valence-corrected chi connectivity index (χ2v) is 28.8. The average molecular weight is 763 g/mol. The Morgan fingerprint density at radius 1 is 0.481 bits per heavy atom. The van der Waals surface area contributed by atoms with Crippen molar-refractivity contribution >= 4 is 22.4 Å². The topological polar surface area (TPSA) is 35.5 Å². The van der Waals surface area contributed by atoms with E-state index in [0.717, 1.165) is 38.5 Å². The molecule has 0 amide bonds. The zero-order valence-corrected chi connectivity index (χ0v) is 39.6. The molecule has 0 aliphatic heterocycles. The molecule has 0 saturated carbocycles. The number of carbonyl (C=O) groups excluding carboxylic acids is 1. The number of carbonyl (C=O) groups is 1. The average Bonchev–Trinajstić information content (AvgIpc) is 3.05. The molecule has 0 saturated heterocycles. The number of Topliss-reactive ketones (excluding diaryl/α,β-unsaturated/α-hetero) is 1. The minimum atomic E-state index is -1.74. The molecule has 0 unspecified atom stereocenters. The van der Waals surface area contributed by atoms with E-state index >= 15 is 0 Å². The molecule has 0 heterocycles. The molecule has 5 heteroatoms. The molecular formula is C47H94O3Si2. The van der Waals surface area contributed by atoms with E-state index in [9.17, 15) is 4.79 Å². The molecule has 0 spiro atoms. The van der Waals surface area contributed by atoms with Crippen molar-refractivity contribution < 1.29 is 13.6 Å². The summed E-state index contributed by atoms with van der Waals surface area (Å²) in [4.78, 5) is 12.4. The normalized spacial score (nSPS) is 14.5. The first-order valence-electron chi connectivity index (χ1n) is 22.6. The van der Waals surface area contributed by atoms with Crippen molar-refractivity contribution in [2.24, 2.45) is 0 Å². The van der Waals surface area contributed by atoms with Gasteiger partial charge in [-0.2, -0.15) is 0 Å². The van der Waals surface area contributed by atoms with Gasteiger partial charge in [-0.3, -0.25) is 4.79 Å². The molecule has 0 aromatic carbocycles. The van der Waals surface area contributed by atoms with Crippen LogP contribution in [0.25, 0.3) is 0 Å². The van der Waals surface area contributed by atoms with E-state index in [4.69, 9.17) is 8.85 Å². The maximum atomic E-state index is 12.4. The van der Waals surface area contributed by atoms with Gasteiger partial charge in [0.05, 0.1) is 0 Å². The smallest absolute Gasteiger partial charge is 0.192 e. The van der Waals surface area contributed by atoms with E-state index in [-0.39, 0.29) is 10.1 Å². The first kappa shape index (κ1) is 51.5. The molecule has 3 nitrogen and oxygen atoms in total. The quantitative estimate of drug-likeness (QED) is 0.0372. The van der Waals surface area contributed by atoms with Crippen LogP contribution in [0.15, 0.2) is 24.3 Å². The van der Waals surface area contributed by atoms with Gasteiger partial charge in [0.15, 0.2) is 16.6 Å². The van der Waals surface area contributed by atoms with E-state index < -0.39 is 16.6 Å². The Labute approximate surface area is 330 Å². The largest absolute Gasteiger partial charge is 0.414 e. The molecule has 0 aliphatic rings. The van der Waals surface area contributed by atoms with Crippen LogP contribution in [0.2, 0.25) is 36.3 Å². The molecular weight excluding hydrogens is 669 g/mol. The van der Waals surface area contributed by atoms with Gasteiger partial charge in [-0.25, -0.2) is 0 Å². The van der Waals surface area contributed by atoms with Crippen LogP contribution in [0.4, 0.5) is 0 Å². The maximum Gasteiger partial charge on any atom is 0.192 e. The minimum absolute atomic E-state index is 0.264. The van der Waals surface area contributed by atoms with Crippen LogP contribution >= 0.6 is 0 Å². The number of allylic oxidation sites excluding steroid dienone is 2. The molecule has 2 atom stereocenters. The lowest BCUT2D eigenvalue weighted by atomic mass is 10.0. The van der Waals surface area contributed by atoms with E-state index in [1.165, 1.54) is 128 Å². The van der Waals surface area contributed by atoms with Gasteiger partial charge in [0.25, 0.3) is 0 Å². The van der Waals surface area contributed by atoms with Crippen molar-refractivity contribution in [2.75, 3.05) is 0 Å². The van der Waals surface area contributed by atoms with Gasteiger partial charge in [0.2, 0.25) is 0 Å². The zero-order chi connectivity index (χ0) is 39.4. The van der Waals surface area contributed by atoms with Crippen LogP contribution in [0.5, 0.6) is 0 Å². The summed E-state index contributed by atoms with van der Waals surface area (Å²) in [6, 6.07) is 0. The molecule has 308 valence electrons. The molecule has 0 fully saturated rings. The Morgan fingerprint density at radius 2 is 0.808 bits per heavy atom. The summed E-state index contributed by atoms with van der Waals surface area (Å²) in [7, 11) is -3.47. The molecule has 0 aromatic heterocycles. The van der Waals surface area contributed by atoms with Crippen molar-refractivity contribution in [1.29, 1.82) is 0 Å². The second-order valence-electron chi connectivity index (χ2n) is 19.3. The Balaban J connectivity index is 4.04. The van der Waals surface area contributed by atoms with Gasteiger partial charge >= 0.3 is 0 Å². The predicted molar refractivity (Wildman–Crippen MR) is 239 cm³/mol. The van der Waals surface area contributed by atoms with Crippen molar-refractivity contribution in [1.82, 2.24) is 0 Å². The van der Waals surface area contributed by atoms with Crippen molar-refractivity contribution in [3.05, 3.63) is 24.3 Å². The summed E-state index contributed by atoms with van der Waals surface area (Å²) in [5.74, 6) is 0.485. The summed E-state index contributed by atoms with van der Waals surface area (Å²) < 4.78 is 13.6. The zero-order valence-electron chi connectivity index (χ0n) is 37.6. The molecule has 0 rings (SSSR count). The first-order chi connectivity index (χ1) is 24.5. The summed E-state index contributed by atoms with van der Waals surface area (Å²) in [5, 5.41) is 0.529. The lowest BCUT2D eigenvalue weighted by Crippen LogP contribution is -2.43. The highest BCUT2D eigenvalue weighted by molar-refractivity contribution is 6.74. The van der Waals surface area contributed by atoms with Gasteiger partial charge in [0.1, 0.15) is 5.78 Å². The number of hydrogen-bond acceptors (Lipinski definition) is 3. The monoisotopic (exact) mass is 763 g/mol. The SMILES string of the molecule is CCCCCC[C@H](C/C=C\CCCCCCCC(=O)CCCCCCC/C=C\C[C@@H](CCCCCC)O[Si](C)(C)C(C)(C)C)O[Si](C)(C)C(C)(C)C. The molecule has 0 aromatic rings. The van der Waals surface area contributed by atoms with Crippen molar-refractivity contribution in [2.45, 2.75) is 271 Å². The lowest BCUT2D eigenvalue weighted by Gasteiger charge is -2.39. The molecule has 0 aliphatic carbocycles. The van der Waals surface area contributed by atoms with E-state index in [0.29, 0.717) is 18.0 Å². The highest BCUT2D eigenvalue weighted by atomic mass is 28.4. The van der Waals surface area contributed by atoms with Crippen molar-refractivity contribution in [3.63, 3.8) is 0 Å². The molecule has 0 N–H and O–H groups in total. The fraction of sp³-hybridized carbons (Fsp3) is 0.894. The Bertz CT molecular complexity index is 837. The summed E-state index contributed by atoms with van der Waals surface area (Å²) in [6.07, 6.45) is 41.4. The lowest BCUT2D eigenvalue weighted by molar-refractivity contribution is -0.119. The molecule has 0 bridgehead atoms. The van der Waals surface area contributed by atoms with Crippen LogP contribution in [0, 0.1) is 0 Å². The molecule has 52 heavy (non-hydrogen) atoms. The standard InChI is InChI=1S/C47H94O3Si2/c1-13-15-17-33-39-44(49-51(9,10)46(3,4)5)41-35-29-25-21-19-23-27-31-37-43(48)38-32-28-24-20-22-26-30-36-42-45(40-34-18-16-14-2)50-52(11,12)47(6,7)8/h29-30,35-36,44-45H,13-28,31-34,37-42H2,1-12H3/b35-29-,36-30-/t44-,45-/m1/s1. The van der Waals surface area contributed by atoms with E-state index in [2.05, 4.69) is 106 Å². The summed E-state index contributed by atoms with van der Waals surface area (Å²) in [6.45, 7) is 28.2. The third kappa shape index (κ3) is 27.1.